The van der Waals surface area contributed by atoms with Gasteiger partial charge in [0.2, 0.25) is 5.91 Å². The Labute approximate surface area is 165 Å². The van der Waals surface area contributed by atoms with Gasteiger partial charge in [-0.15, -0.1) is 11.3 Å². The second kappa shape index (κ2) is 9.63. The van der Waals surface area contributed by atoms with E-state index < -0.39 is 21.6 Å². The van der Waals surface area contributed by atoms with Crippen LogP contribution >= 0.6 is 11.3 Å². The van der Waals surface area contributed by atoms with Gasteiger partial charge in [-0.25, -0.2) is 8.42 Å². The van der Waals surface area contributed by atoms with Crippen molar-refractivity contribution in [3.8, 4) is 0 Å². The Morgan fingerprint density at radius 2 is 1.81 bits per heavy atom. The van der Waals surface area contributed by atoms with Crippen LogP contribution in [0.5, 0.6) is 0 Å². The third kappa shape index (κ3) is 8.37. The Kier molecular flexibility index (Phi) is 8.40. The first-order valence-electron chi connectivity index (χ1n) is 8.51. The van der Waals surface area contributed by atoms with Gasteiger partial charge in [0.1, 0.15) is 16.4 Å². The second-order valence-electron chi connectivity index (χ2n) is 7.36. The Bertz CT molecular complexity index is 751. The van der Waals surface area contributed by atoms with E-state index in [4.69, 9.17) is 4.74 Å². The van der Waals surface area contributed by atoms with E-state index in [2.05, 4.69) is 5.32 Å². The quantitative estimate of drug-likeness (QED) is 0.606. The van der Waals surface area contributed by atoms with Crippen molar-refractivity contribution in [3.05, 3.63) is 17.0 Å². The summed E-state index contributed by atoms with van der Waals surface area (Å²) in [6.45, 7) is 7.13. The summed E-state index contributed by atoms with van der Waals surface area (Å²) < 4.78 is 32.6. The maximum atomic E-state index is 13.0. The number of carbonyl (C=O) groups excluding carboxylic acids is 2. The molecule has 0 saturated carbocycles. The van der Waals surface area contributed by atoms with Crippen LogP contribution in [0.3, 0.4) is 0 Å². The molecule has 0 fully saturated rings. The molecule has 1 aromatic heterocycles. The SMILES string of the molecule is CC(=O)NCc1ccc(S(=O)(=O)N(CCN(C)C)CC(=O)OC(C)(C)C)s1. The molecule has 1 N–H and O–H groups in total. The molecule has 27 heavy (non-hydrogen) atoms. The molecule has 0 spiro atoms. The third-order valence-electron chi connectivity index (χ3n) is 3.26. The van der Waals surface area contributed by atoms with Crippen molar-refractivity contribution in [1.82, 2.24) is 14.5 Å². The molecule has 1 aromatic rings. The predicted molar refractivity (Wildman–Crippen MR) is 105 cm³/mol. The van der Waals surface area contributed by atoms with Gasteiger partial charge < -0.3 is 15.0 Å². The fourth-order valence-electron chi connectivity index (χ4n) is 2.04. The second-order valence-corrected chi connectivity index (χ2v) is 10.7. The summed E-state index contributed by atoms with van der Waals surface area (Å²) in [5, 5.41) is 2.64. The molecule has 1 rings (SSSR count). The number of ether oxygens (including phenoxy) is 1. The molecule has 1 heterocycles. The Morgan fingerprint density at radius 1 is 1.19 bits per heavy atom. The first kappa shape index (κ1) is 23.5. The van der Waals surface area contributed by atoms with E-state index >= 15 is 0 Å². The summed E-state index contributed by atoms with van der Waals surface area (Å²) in [5.74, 6) is -0.787. The Balaban J connectivity index is 3.00. The highest BCUT2D eigenvalue weighted by molar-refractivity contribution is 7.91. The number of nitrogens with zero attached hydrogens (tertiary/aromatic N) is 2. The molecule has 0 aliphatic heterocycles. The van der Waals surface area contributed by atoms with Crippen LogP contribution in [-0.4, -0.2) is 68.8 Å². The summed E-state index contributed by atoms with van der Waals surface area (Å²) >= 11 is 1.07. The molecular weight excluding hydrogens is 390 g/mol. The Morgan fingerprint density at radius 3 is 2.33 bits per heavy atom. The van der Waals surface area contributed by atoms with Crippen molar-refractivity contribution >= 4 is 33.2 Å². The highest BCUT2D eigenvalue weighted by Crippen LogP contribution is 2.25. The largest absolute Gasteiger partial charge is 0.459 e. The summed E-state index contributed by atoms with van der Waals surface area (Å²) in [7, 11) is -0.197. The van der Waals surface area contributed by atoms with Gasteiger partial charge in [-0.2, -0.15) is 4.31 Å². The average Bonchev–Trinajstić information content (AvgIpc) is 2.96. The molecule has 0 saturated heterocycles. The van der Waals surface area contributed by atoms with Crippen molar-refractivity contribution in [3.63, 3.8) is 0 Å². The number of rotatable bonds is 9. The van der Waals surface area contributed by atoms with Gasteiger partial charge in [-0.3, -0.25) is 9.59 Å². The van der Waals surface area contributed by atoms with Crippen molar-refractivity contribution in [2.24, 2.45) is 0 Å². The molecule has 0 atom stereocenters. The molecule has 0 aromatic carbocycles. The highest BCUT2D eigenvalue weighted by Gasteiger charge is 2.30. The normalized spacial score (nSPS) is 12.4. The van der Waals surface area contributed by atoms with Crippen LogP contribution in [0.1, 0.15) is 32.6 Å². The maximum Gasteiger partial charge on any atom is 0.321 e. The molecule has 0 aliphatic rings. The number of likely N-dealkylation sites (N-methyl/N-ethyl adjacent to an activating group) is 1. The van der Waals surface area contributed by atoms with Crippen LogP contribution in [-0.2, 0) is 30.9 Å². The topological polar surface area (TPSA) is 96.0 Å². The monoisotopic (exact) mass is 419 g/mol. The van der Waals surface area contributed by atoms with Crippen LogP contribution in [0.4, 0.5) is 0 Å². The van der Waals surface area contributed by atoms with Gasteiger partial charge in [-0.05, 0) is 47.0 Å². The van der Waals surface area contributed by atoms with E-state index in [0.717, 1.165) is 15.6 Å². The highest BCUT2D eigenvalue weighted by atomic mass is 32.2. The van der Waals surface area contributed by atoms with Gasteiger partial charge in [0.05, 0.1) is 6.54 Å². The fourth-order valence-corrected chi connectivity index (χ4v) is 4.87. The van der Waals surface area contributed by atoms with Gasteiger partial charge in [0.15, 0.2) is 0 Å². The molecular formula is C17H29N3O5S2. The summed E-state index contributed by atoms with van der Waals surface area (Å²) in [5.41, 5.74) is -0.692. The van der Waals surface area contributed by atoms with E-state index in [0.29, 0.717) is 11.4 Å². The summed E-state index contributed by atoms with van der Waals surface area (Å²) in [6.07, 6.45) is 0. The summed E-state index contributed by atoms with van der Waals surface area (Å²) in [4.78, 5) is 25.8. The standard InChI is InChI=1S/C17H29N3O5S2/c1-13(21)18-11-14-7-8-16(26-14)27(23,24)20(10-9-19(5)6)12-15(22)25-17(2,3)4/h7-8H,9-12H2,1-6H3,(H,18,21). The molecule has 0 aliphatic carbocycles. The molecule has 0 unspecified atom stereocenters. The lowest BCUT2D eigenvalue weighted by atomic mass is 10.2. The van der Waals surface area contributed by atoms with Crippen molar-refractivity contribution in [2.45, 2.75) is 44.0 Å². The lowest BCUT2D eigenvalue weighted by molar-refractivity contribution is -0.155. The predicted octanol–water partition coefficient (Wildman–Crippen LogP) is 1.28. The van der Waals surface area contributed by atoms with E-state index in [1.165, 1.54) is 13.0 Å². The van der Waals surface area contributed by atoms with E-state index in [-0.39, 0.29) is 29.8 Å². The molecule has 0 radical (unpaired) electrons. The molecule has 0 bridgehead atoms. The van der Waals surface area contributed by atoms with E-state index in [1.807, 2.05) is 19.0 Å². The zero-order valence-electron chi connectivity index (χ0n) is 16.7. The number of carbonyl (C=O) groups is 2. The Hall–Kier alpha value is -1.49. The fraction of sp³-hybridized carbons (Fsp3) is 0.647. The van der Waals surface area contributed by atoms with Crippen LogP contribution in [0, 0.1) is 0 Å². The minimum atomic E-state index is -3.85. The van der Waals surface area contributed by atoms with Gasteiger partial charge in [0, 0.05) is 24.9 Å². The van der Waals surface area contributed by atoms with Crippen LogP contribution in [0.25, 0.3) is 0 Å². The summed E-state index contributed by atoms with van der Waals surface area (Å²) in [6, 6.07) is 3.15. The molecule has 10 heteroatoms. The van der Waals surface area contributed by atoms with Crippen molar-refractivity contribution in [2.75, 3.05) is 33.7 Å². The number of esters is 1. The van der Waals surface area contributed by atoms with Crippen molar-refractivity contribution < 1.29 is 22.7 Å². The minimum absolute atomic E-state index is 0.130. The first-order chi connectivity index (χ1) is 12.3. The van der Waals surface area contributed by atoms with Crippen LogP contribution in [0.15, 0.2) is 16.3 Å². The van der Waals surface area contributed by atoms with Crippen LogP contribution < -0.4 is 5.32 Å². The number of nitrogens with one attached hydrogen (secondary N) is 1. The number of hydrogen-bond donors (Lipinski definition) is 1. The average molecular weight is 420 g/mol. The van der Waals surface area contributed by atoms with E-state index in [1.54, 1.807) is 26.8 Å². The van der Waals surface area contributed by atoms with Gasteiger partial charge in [0.25, 0.3) is 10.0 Å². The lowest BCUT2D eigenvalue weighted by Crippen LogP contribution is -2.41. The van der Waals surface area contributed by atoms with Gasteiger partial charge in [-0.1, -0.05) is 0 Å². The smallest absolute Gasteiger partial charge is 0.321 e. The molecule has 154 valence electrons. The van der Waals surface area contributed by atoms with Gasteiger partial charge >= 0.3 is 5.97 Å². The maximum absolute atomic E-state index is 13.0. The number of thiophene rings is 1. The third-order valence-corrected chi connectivity index (χ3v) is 6.66. The zero-order valence-corrected chi connectivity index (χ0v) is 18.4. The lowest BCUT2D eigenvalue weighted by Gasteiger charge is -2.25. The van der Waals surface area contributed by atoms with Crippen LogP contribution in [0.2, 0.25) is 0 Å². The van der Waals surface area contributed by atoms with E-state index in [9.17, 15) is 18.0 Å². The molecule has 8 nitrogen and oxygen atoms in total. The zero-order chi connectivity index (χ0) is 20.8. The molecule has 1 amide bonds. The number of sulfonamides is 1. The first-order valence-corrected chi connectivity index (χ1v) is 10.8. The number of hydrogen-bond acceptors (Lipinski definition) is 7. The minimum Gasteiger partial charge on any atom is -0.459 e. The number of amides is 1. The van der Waals surface area contributed by atoms with Crippen molar-refractivity contribution in [1.29, 1.82) is 0 Å².